The van der Waals surface area contributed by atoms with Gasteiger partial charge in [0, 0.05) is 10.6 Å². The van der Waals surface area contributed by atoms with E-state index in [2.05, 4.69) is 15.6 Å². The molecule has 0 spiro atoms. The van der Waals surface area contributed by atoms with Crippen molar-refractivity contribution in [3.05, 3.63) is 58.6 Å². The number of halogens is 1. The lowest BCUT2D eigenvalue weighted by Crippen LogP contribution is -2.47. The number of hydrogen-bond acceptors (Lipinski definition) is 5. The normalized spacial score (nSPS) is 18.1. The number of nitrogens with zero attached hydrogens (tertiary/aromatic N) is 1. The van der Waals surface area contributed by atoms with Crippen molar-refractivity contribution >= 4 is 29.4 Å². The Balaban J connectivity index is 1.55. The molecule has 4 rings (SSSR count). The molecule has 0 unspecified atom stereocenters. The molecule has 132 valence electrons. The molecule has 0 saturated carbocycles. The van der Waals surface area contributed by atoms with Gasteiger partial charge >= 0.3 is 0 Å². The minimum absolute atomic E-state index is 0.0915. The van der Waals surface area contributed by atoms with Crippen LogP contribution in [0.2, 0.25) is 5.02 Å². The quantitative estimate of drug-likeness (QED) is 0.848. The number of nitrogens with one attached hydrogen (secondary N) is 2. The summed E-state index contributed by atoms with van der Waals surface area (Å²) in [4.78, 5) is 28.9. The third-order valence-corrected chi connectivity index (χ3v) is 4.40. The first-order valence-electron chi connectivity index (χ1n) is 7.93. The Morgan fingerprint density at radius 3 is 2.85 bits per heavy atom. The molecule has 2 amide bonds. The summed E-state index contributed by atoms with van der Waals surface area (Å²) >= 11 is 6.19. The van der Waals surface area contributed by atoms with Crippen LogP contribution in [0.3, 0.4) is 0 Å². The van der Waals surface area contributed by atoms with Gasteiger partial charge in [-0.2, -0.15) is 0 Å². The van der Waals surface area contributed by atoms with Crippen LogP contribution in [0.25, 0.3) is 0 Å². The molecule has 0 saturated heterocycles. The van der Waals surface area contributed by atoms with Crippen LogP contribution >= 0.6 is 11.6 Å². The highest BCUT2D eigenvalue weighted by atomic mass is 35.5. The van der Waals surface area contributed by atoms with Crippen LogP contribution in [0.5, 0.6) is 11.5 Å². The van der Waals surface area contributed by atoms with Gasteiger partial charge in [-0.3, -0.25) is 20.2 Å². The van der Waals surface area contributed by atoms with E-state index in [1.807, 2.05) is 12.1 Å². The highest BCUT2D eigenvalue weighted by molar-refractivity contribution is 6.31. The predicted molar refractivity (Wildman–Crippen MR) is 94.4 cm³/mol. The second-order valence-electron chi connectivity index (χ2n) is 5.79. The summed E-state index contributed by atoms with van der Waals surface area (Å²) in [5.74, 6) is 0.520. The van der Waals surface area contributed by atoms with E-state index < -0.39 is 11.9 Å². The third-order valence-electron chi connectivity index (χ3n) is 4.05. The van der Waals surface area contributed by atoms with Crippen molar-refractivity contribution in [2.24, 2.45) is 4.99 Å². The molecule has 0 radical (unpaired) electrons. The Hall–Kier alpha value is -3.06. The minimum Gasteiger partial charge on any atom is -0.454 e. The van der Waals surface area contributed by atoms with Crippen molar-refractivity contribution in [2.45, 2.75) is 12.5 Å². The Morgan fingerprint density at radius 2 is 2.00 bits per heavy atom. The summed E-state index contributed by atoms with van der Waals surface area (Å²) in [5.41, 5.74) is 1.10. The zero-order chi connectivity index (χ0) is 18.1. The van der Waals surface area contributed by atoms with Crippen molar-refractivity contribution in [2.75, 3.05) is 6.79 Å². The van der Waals surface area contributed by atoms with Gasteiger partial charge in [0.05, 0.1) is 12.5 Å². The lowest BCUT2D eigenvalue weighted by atomic mass is 10.0. The number of hydrogen-bond donors (Lipinski definition) is 2. The Bertz CT molecular complexity index is 928. The molecule has 2 aromatic rings. The summed E-state index contributed by atoms with van der Waals surface area (Å²) in [5, 5.41) is 5.71. The minimum atomic E-state index is -0.454. The topological polar surface area (TPSA) is 89.0 Å². The zero-order valence-electron chi connectivity index (χ0n) is 13.5. The van der Waals surface area contributed by atoms with Crippen LogP contribution < -0.4 is 20.1 Å². The lowest BCUT2D eigenvalue weighted by Gasteiger charge is -2.22. The Morgan fingerprint density at radius 1 is 1.19 bits per heavy atom. The summed E-state index contributed by atoms with van der Waals surface area (Å²) in [6.45, 7) is 0.128. The molecule has 8 heteroatoms. The van der Waals surface area contributed by atoms with Crippen LogP contribution in [-0.4, -0.2) is 24.6 Å². The van der Waals surface area contributed by atoms with E-state index in [0.29, 0.717) is 22.1 Å². The van der Waals surface area contributed by atoms with Gasteiger partial charge in [0.2, 0.25) is 18.7 Å². The number of amides is 2. The first-order valence-corrected chi connectivity index (χ1v) is 8.31. The van der Waals surface area contributed by atoms with E-state index >= 15 is 0 Å². The number of ether oxygens (including phenoxy) is 2. The molecule has 2 heterocycles. The number of carbonyl (C=O) groups is 2. The van der Waals surface area contributed by atoms with Crippen molar-refractivity contribution in [3.8, 4) is 11.5 Å². The maximum absolute atomic E-state index is 12.5. The summed E-state index contributed by atoms with van der Waals surface area (Å²) < 4.78 is 10.5. The molecule has 0 fully saturated rings. The van der Waals surface area contributed by atoms with Crippen molar-refractivity contribution < 1.29 is 19.1 Å². The van der Waals surface area contributed by atoms with Crippen LogP contribution in [-0.2, 0) is 4.79 Å². The summed E-state index contributed by atoms with van der Waals surface area (Å²) in [6.07, 6.45) is 0.160. The fourth-order valence-electron chi connectivity index (χ4n) is 2.80. The average molecular weight is 372 g/mol. The number of benzene rings is 2. The highest BCUT2D eigenvalue weighted by Crippen LogP contribution is 2.32. The van der Waals surface area contributed by atoms with Crippen LogP contribution in [0, 0.1) is 0 Å². The van der Waals surface area contributed by atoms with Crippen molar-refractivity contribution in [1.82, 2.24) is 10.6 Å². The second-order valence-corrected chi connectivity index (χ2v) is 6.20. The molecule has 0 aliphatic carbocycles. The Kier molecular flexibility index (Phi) is 4.22. The molecule has 2 N–H and O–H groups in total. The molecular weight excluding hydrogens is 358 g/mol. The van der Waals surface area contributed by atoms with Gasteiger partial charge in [-0.15, -0.1) is 0 Å². The molecule has 7 nitrogen and oxygen atoms in total. The molecule has 0 bridgehead atoms. The SMILES string of the molecule is O=C1C[C@H](c2ccccc2Cl)N=C(NC(=O)c2ccc3c(c2)OCO3)N1. The number of guanidine groups is 1. The van der Waals surface area contributed by atoms with E-state index in [1.165, 1.54) is 0 Å². The molecule has 1 atom stereocenters. The van der Waals surface area contributed by atoms with Crippen LogP contribution in [0.4, 0.5) is 0 Å². The van der Waals surface area contributed by atoms with Crippen LogP contribution in [0.1, 0.15) is 28.4 Å². The fourth-order valence-corrected chi connectivity index (χ4v) is 3.06. The molecule has 2 aliphatic rings. The first-order chi connectivity index (χ1) is 12.6. The zero-order valence-corrected chi connectivity index (χ0v) is 14.2. The summed E-state index contributed by atoms with van der Waals surface area (Å²) in [7, 11) is 0. The largest absolute Gasteiger partial charge is 0.454 e. The standard InChI is InChI=1S/C18H14ClN3O4/c19-12-4-2-1-3-11(12)13-8-16(23)21-18(20-13)22-17(24)10-5-6-14-15(7-10)26-9-25-14/h1-7,13H,8-9H2,(H2,20,21,22,23,24)/t13-/m1/s1. The van der Waals surface area contributed by atoms with Crippen molar-refractivity contribution in [3.63, 3.8) is 0 Å². The van der Waals surface area contributed by atoms with Gasteiger partial charge in [0.25, 0.3) is 5.91 Å². The van der Waals surface area contributed by atoms with Crippen LogP contribution in [0.15, 0.2) is 47.5 Å². The van der Waals surface area contributed by atoms with Gasteiger partial charge in [0.1, 0.15) is 0 Å². The van der Waals surface area contributed by atoms with Gasteiger partial charge in [-0.1, -0.05) is 29.8 Å². The number of fused-ring (bicyclic) bond motifs is 1. The van der Waals surface area contributed by atoms with E-state index in [1.54, 1.807) is 30.3 Å². The highest BCUT2D eigenvalue weighted by Gasteiger charge is 2.25. The van der Waals surface area contributed by atoms with Crippen molar-refractivity contribution in [1.29, 1.82) is 0 Å². The van der Waals surface area contributed by atoms with Gasteiger partial charge < -0.3 is 9.47 Å². The smallest absolute Gasteiger partial charge is 0.258 e. The maximum Gasteiger partial charge on any atom is 0.258 e. The number of rotatable bonds is 2. The van der Waals surface area contributed by atoms with E-state index in [9.17, 15) is 9.59 Å². The van der Waals surface area contributed by atoms with E-state index in [-0.39, 0.29) is 25.1 Å². The molecular formula is C18H14ClN3O4. The average Bonchev–Trinajstić information content (AvgIpc) is 3.09. The third kappa shape index (κ3) is 3.21. The first kappa shape index (κ1) is 16.4. The van der Waals surface area contributed by atoms with E-state index in [4.69, 9.17) is 21.1 Å². The predicted octanol–water partition coefficient (Wildman–Crippen LogP) is 2.42. The maximum atomic E-state index is 12.5. The fraction of sp³-hybridized carbons (Fsp3) is 0.167. The van der Waals surface area contributed by atoms with Gasteiger partial charge in [0.15, 0.2) is 11.5 Å². The van der Waals surface area contributed by atoms with Gasteiger partial charge in [-0.05, 0) is 29.8 Å². The lowest BCUT2D eigenvalue weighted by molar-refractivity contribution is -0.120. The Labute approximate surface area is 154 Å². The summed E-state index contributed by atoms with van der Waals surface area (Å²) in [6, 6.07) is 11.6. The van der Waals surface area contributed by atoms with Gasteiger partial charge in [-0.25, -0.2) is 4.99 Å². The number of aliphatic imine (C=N–C) groups is 1. The molecule has 26 heavy (non-hydrogen) atoms. The number of carbonyl (C=O) groups excluding carboxylic acids is 2. The molecule has 0 aromatic heterocycles. The van der Waals surface area contributed by atoms with E-state index in [0.717, 1.165) is 5.56 Å². The molecule has 2 aromatic carbocycles. The second kappa shape index (κ2) is 6.68. The molecule has 2 aliphatic heterocycles. The monoisotopic (exact) mass is 371 g/mol.